The summed E-state index contributed by atoms with van der Waals surface area (Å²) in [6.45, 7) is 2.72. The summed E-state index contributed by atoms with van der Waals surface area (Å²) in [5.74, 6) is -0.706. The fourth-order valence-corrected chi connectivity index (χ4v) is 4.44. The van der Waals surface area contributed by atoms with Crippen LogP contribution in [0.5, 0.6) is 0 Å². The highest BCUT2D eigenvalue weighted by molar-refractivity contribution is 5.93. The number of aryl methyl sites for hydroxylation is 1. The summed E-state index contributed by atoms with van der Waals surface area (Å²) in [4.78, 5) is 52.2. The summed E-state index contributed by atoms with van der Waals surface area (Å²) in [7, 11) is 2.84. The fourth-order valence-electron chi connectivity index (χ4n) is 4.44. The number of aromatic nitrogens is 2. The zero-order chi connectivity index (χ0) is 23.3. The van der Waals surface area contributed by atoms with E-state index in [1.54, 1.807) is 11.8 Å². The van der Waals surface area contributed by atoms with Gasteiger partial charge in [-0.1, -0.05) is 30.3 Å². The number of amides is 1. The van der Waals surface area contributed by atoms with E-state index in [1.807, 2.05) is 18.2 Å². The minimum absolute atomic E-state index is 0.0297. The number of nitrogens with zero attached hydrogens (tertiary/aromatic N) is 3. The van der Waals surface area contributed by atoms with E-state index in [-0.39, 0.29) is 24.8 Å². The molecule has 0 radical (unpaired) electrons. The number of carbonyl (C=O) groups is 2. The van der Waals surface area contributed by atoms with Crippen molar-refractivity contribution in [1.82, 2.24) is 14.0 Å². The summed E-state index contributed by atoms with van der Waals surface area (Å²) in [6, 6.07) is 11.3. The molecule has 32 heavy (non-hydrogen) atoms. The van der Waals surface area contributed by atoms with Gasteiger partial charge in [-0.2, -0.15) is 0 Å². The second kappa shape index (κ2) is 9.97. The lowest BCUT2D eigenvalue weighted by Crippen LogP contribution is -2.52. The Kier molecular flexibility index (Phi) is 7.33. The molecule has 1 amide bonds. The van der Waals surface area contributed by atoms with E-state index < -0.39 is 22.6 Å². The number of carbonyl (C=O) groups excluding carboxylic acids is 2. The molecule has 0 aliphatic carbocycles. The number of rotatable bonds is 7. The molecule has 0 N–H and O–H groups in total. The minimum Gasteiger partial charge on any atom is -0.466 e. The second-order valence-corrected chi connectivity index (χ2v) is 8.44. The maximum atomic E-state index is 13.3. The highest BCUT2D eigenvalue weighted by atomic mass is 16.5. The van der Waals surface area contributed by atoms with Gasteiger partial charge in [-0.15, -0.1) is 0 Å². The average Bonchev–Trinajstić information content (AvgIpc) is 2.80. The van der Waals surface area contributed by atoms with Crippen molar-refractivity contribution in [3.8, 4) is 0 Å². The monoisotopic (exact) mass is 441 g/mol. The van der Waals surface area contributed by atoms with Crippen LogP contribution in [0.1, 0.15) is 48.7 Å². The van der Waals surface area contributed by atoms with Gasteiger partial charge in [0.1, 0.15) is 5.69 Å². The lowest BCUT2D eigenvalue weighted by atomic mass is 9.75. The van der Waals surface area contributed by atoms with E-state index in [0.717, 1.165) is 17.4 Å². The maximum absolute atomic E-state index is 13.3. The summed E-state index contributed by atoms with van der Waals surface area (Å²) < 4.78 is 7.55. The van der Waals surface area contributed by atoms with E-state index in [9.17, 15) is 19.2 Å². The number of hydrogen-bond acceptors (Lipinski definition) is 5. The topological polar surface area (TPSA) is 90.6 Å². The van der Waals surface area contributed by atoms with Gasteiger partial charge >= 0.3 is 11.7 Å². The molecule has 8 heteroatoms. The number of benzene rings is 1. The van der Waals surface area contributed by atoms with Gasteiger partial charge in [0.25, 0.3) is 11.5 Å². The van der Waals surface area contributed by atoms with Crippen molar-refractivity contribution in [2.24, 2.45) is 19.5 Å². The molecule has 1 fully saturated rings. The number of esters is 1. The normalized spacial score (nSPS) is 18.4. The van der Waals surface area contributed by atoms with Gasteiger partial charge in [0.05, 0.1) is 12.0 Å². The Bertz CT molecular complexity index is 1090. The van der Waals surface area contributed by atoms with Crippen molar-refractivity contribution in [3.63, 3.8) is 0 Å². The standard InChI is InChI=1S/C24H31N3O5/c1-4-32-22(30)24(13-8-12-18-10-6-5-7-11-18)14-9-15-27(17-24)21(29)19-16-20(28)26(3)23(31)25(19)2/h5-7,10-11,16H,4,8-9,12-15,17H2,1-3H3/t24-/m0/s1. The SMILES string of the molecule is CCOC(=O)[C@@]1(CCCc2ccccc2)CCCN(C(=O)c2cc(=O)n(C)c(=O)n2C)C1. The van der Waals surface area contributed by atoms with Gasteiger partial charge in [-0.3, -0.25) is 23.5 Å². The zero-order valence-electron chi connectivity index (χ0n) is 19.0. The van der Waals surface area contributed by atoms with Gasteiger partial charge < -0.3 is 9.64 Å². The molecule has 0 spiro atoms. The highest BCUT2D eigenvalue weighted by Crippen LogP contribution is 2.37. The lowest BCUT2D eigenvalue weighted by molar-refractivity contribution is -0.159. The molecule has 172 valence electrons. The van der Waals surface area contributed by atoms with Crippen LogP contribution in [0.2, 0.25) is 0 Å². The van der Waals surface area contributed by atoms with Gasteiger partial charge in [-0.05, 0) is 44.6 Å². The molecule has 1 atom stereocenters. The second-order valence-electron chi connectivity index (χ2n) is 8.44. The first-order valence-electron chi connectivity index (χ1n) is 11.1. The summed E-state index contributed by atoms with van der Waals surface area (Å²) in [5.41, 5.74) is -0.658. The van der Waals surface area contributed by atoms with Gasteiger partial charge in [0.2, 0.25) is 0 Å². The van der Waals surface area contributed by atoms with E-state index >= 15 is 0 Å². The Morgan fingerprint density at radius 1 is 1.09 bits per heavy atom. The molecule has 1 aliphatic heterocycles. The number of likely N-dealkylation sites (tertiary alicyclic amines) is 1. The Morgan fingerprint density at radius 3 is 2.50 bits per heavy atom. The van der Waals surface area contributed by atoms with Gasteiger partial charge in [0.15, 0.2) is 0 Å². The van der Waals surface area contributed by atoms with Crippen LogP contribution in [0.25, 0.3) is 0 Å². The van der Waals surface area contributed by atoms with Gasteiger partial charge in [0, 0.05) is 33.3 Å². The molecule has 0 saturated carbocycles. The molecule has 0 bridgehead atoms. The lowest BCUT2D eigenvalue weighted by Gasteiger charge is -2.41. The average molecular weight is 442 g/mol. The highest BCUT2D eigenvalue weighted by Gasteiger charge is 2.44. The molecule has 0 unspecified atom stereocenters. The third kappa shape index (κ3) is 4.84. The van der Waals surface area contributed by atoms with E-state index in [0.29, 0.717) is 25.8 Å². The maximum Gasteiger partial charge on any atom is 0.331 e. The molecule has 3 rings (SSSR count). The number of piperidine rings is 1. The fraction of sp³-hybridized carbons (Fsp3) is 0.500. The molecular formula is C24H31N3O5. The molecule has 8 nitrogen and oxygen atoms in total. The zero-order valence-corrected chi connectivity index (χ0v) is 19.0. The Balaban J connectivity index is 1.83. The number of hydrogen-bond donors (Lipinski definition) is 0. The molecule has 1 aliphatic rings. The largest absolute Gasteiger partial charge is 0.466 e. The van der Waals surface area contributed by atoms with Crippen LogP contribution < -0.4 is 11.2 Å². The van der Waals surface area contributed by atoms with Crippen molar-refractivity contribution < 1.29 is 14.3 Å². The third-order valence-corrected chi connectivity index (χ3v) is 6.28. The molecular weight excluding hydrogens is 410 g/mol. The Hall–Kier alpha value is -3.16. The van der Waals surface area contributed by atoms with E-state index in [4.69, 9.17) is 4.74 Å². The van der Waals surface area contributed by atoms with Crippen LogP contribution in [0, 0.1) is 5.41 Å². The quantitative estimate of drug-likeness (QED) is 0.612. The van der Waals surface area contributed by atoms with Crippen LogP contribution in [-0.2, 0) is 30.0 Å². The van der Waals surface area contributed by atoms with Crippen molar-refractivity contribution in [2.75, 3.05) is 19.7 Å². The first-order chi connectivity index (χ1) is 15.3. The molecule has 2 aromatic rings. The minimum atomic E-state index is -0.794. The van der Waals surface area contributed by atoms with Crippen LogP contribution >= 0.6 is 0 Å². The predicted octanol–water partition coefficient (Wildman–Crippen LogP) is 1.89. The van der Waals surface area contributed by atoms with Crippen LogP contribution in [0.4, 0.5) is 0 Å². The van der Waals surface area contributed by atoms with Crippen molar-refractivity contribution in [2.45, 2.75) is 39.0 Å². The smallest absolute Gasteiger partial charge is 0.331 e. The van der Waals surface area contributed by atoms with Crippen LogP contribution in [-0.4, -0.2) is 45.6 Å². The Labute approximate surface area is 187 Å². The number of ether oxygens (including phenoxy) is 1. The first kappa shape index (κ1) is 23.5. The van der Waals surface area contributed by atoms with Crippen LogP contribution in [0.15, 0.2) is 46.0 Å². The molecule has 1 saturated heterocycles. The van der Waals surface area contributed by atoms with Crippen LogP contribution in [0.3, 0.4) is 0 Å². The third-order valence-electron chi connectivity index (χ3n) is 6.28. The summed E-state index contributed by atoms with van der Waals surface area (Å²) in [5, 5.41) is 0. The summed E-state index contributed by atoms with van der Waals surface area (Å²) >= 11 is 0. The van der Waals surface area contributed by atoms with E-state index in [1.165, 1.54) is 30.3 Å². The molecule has 1 aromatic heterocycles. The summed E-state index contributed by atoms with van der Waals surface area (Å²) in [6.07, 6.45) is 3.50. The molecule has 2 heterocycles. The van der Waals surface area contributed by atoms with E-state index in [2.05, 4.69) is 12.1 Å². The van der Waals surface area contributed by atoms with Crippen molar-refractivity contribution in [3.05, 3.63) is 68.5 Å². The first-order valence-corrected chi connectivity index (χ1v) is 11.1. The van der Waals surface area contributed by atoms with Gasteiger partial charge in [-0.25, -0.2) is 4.79 Å². The predicted molar refractivity (Wildman–Crippen MR) is 121 cm³/mol. The van der Waals surface area contributed by atoms with Crippen molar-refractivity contribution >= 4 is 11.9 Å². The van der Waals surface area contributed by atoms with Crippen molar-refractivity contribution in [1.29, 1.82) is 0 Å². The molecule has 1 aromatic carbocycles. The Morgan fingerprint density at radius 2 is 1.81 bits per heavy atom.